The van der Waals surface area contributed by atoms with E-state index in [1.807, 2.05) is 55.5 Å². The van der Waals surface area contributed by atoms with Gasteiger partial charge in [-0.25, -0.2) is 0 Å². The highest BCUT2D eigenvalue weighted by molar-refractivity contribution is 6.51. The van der Waals surface area contributed by atoms with Gasteiger partial charge < -0.3 is 14.3 Å². The molecule has 6 nitrogen and oxygen atoms in total. The zero-order valence-electron chi connectivity index (χ0n) is 21.8. The molecule has 0 bridgehead atoms. The van der Waals surface area contributed by atoms with Gasteiger partial charge in [-0.2, -0.15) is 0 Å². The van der Waals surface area contributed by atoms with Gasteiger partial charge in [-0.1, -0.05) is 51.1 Å². The van der Waals surface area contributed by atoms with Gasteiger partial charge in [-0.15, -0.1) is 0 Å². The topological polar surface area (TPSA) is 80.0 Å². The second kappa shape index (κ2) is 9.71. The number of rotatable bonds is 5. The molecule has 0 aliphatic carbocycles. The Labute approximate surface area is 221 Å². The summed E-state index contributed by atoms with van der Waals surface area (Å²) in [6.07, 6.45) is 1.48. The van der Waals surface area contributed by atoms with Crippen molar-refractivity contribution in [3.8, 4) is 11.5 Å². The molecule has 1 saturated heterocycles. The van der Waals surface area contributed by atoms with Crippen LogP contribution in [0.2, 0.25) is 0 Å². The van der Waals surface area contributed by atoms with Gasteiger partial charge in [0.2, 0.25) is 0 Å². The largest absolute Gasteiger partial charge is 0.507 e. The number of nitrogens with zero attached hydrogens (tertiary/aromatic N) is 1. The van der Waals surface area contributed by atoms with E-state index < -0.39 is 17.7 Å². The minimum Gasteiger partial charge on any atom is -0.507 e. The van der Waals surface area contributed by atoms with Gasteiger partial charge in [0, 0.05) is 11.3 Å². The molecule has 1 unspecified atom stereocenters. The first-order chi connectivity index (χ1) is 18.1. The molecule has 5 rings (SSSR count). The first-order valence-electron chi connectivity index (χ1n) is 12.4. The van der Waals surface area contributed by atoms with Crippen LogP contribution in [0.4, 0.5) is 5.69 Å². The van der Waals surface area contributed by atoms with E-state index in [0.717, 1.165) is 11.1 Å². The fourth-order valence-electron chi connectivity index (χ4n) is 4.60. The van der Waals surface area contributed by atoms with Crippen molar-refractivity contribution in [2.24, 2.45) is 0 Å². The molecule has 1 aromatic heterocycles. The fraction of sp³-hybridized carbons (Fsp3) is 0.188. The van der Waals surface area contributed by atoms with E-state index in [4.69, 9.17) is 9.15 Å². The maximum absolute atomic E-state index is 13.4. The highest BCUT2D eigenvalue weighted by Gasteiger charge is 2.48. The molecule has 0 radical (unpaired) electrons. The lowest BCUT2D eigenvalue weighted by atomic mass is 9.84. The zero-order chi connectivity index (χ0) is 27.0. The zero-order valence-corrected chi connectivity index (χ0v) is 21.8. The van der Waals surface area contributed by atoms with E-state index in [0.29, 0.717) is 28.5 Å². The number of ether oxygens (including phenoxy) is 1. The van der Waals surface area contributed by atoms with Crippen LogP contribution in [-0.4, -0.2) is 16.8 Å². The number of aliphatic hydroxyl groups is 1. The Morgan fingerprint density at radius 1 is 0.895 bits per heavy atom. The Balaban J connectivity index is 1.59. The number of para-hydroxylation sites is 1. The lowest BCUT2D eigenvalue weighted by molar-refractivity contribution is -0.132. The van der Waals surface area contributed by atoms with Crippen molar-refractivity contribution < 1.29 is 23.8 Å². The highest BCUT2D eigenvalue weighted by atomic mass is 16.5. The summed E-state index contributed by atoms with van der Waals surface area (Å²) in [5, 5.41) is 11.5. The first-order valence-corrected chi connectivity index (χ1v) is 12.4. The molecule has 38 heavy (non-hydrogen) atoms. The van der Waals surface area contributed by atoms with Gasteiger partial charge in [0.1, 0.15) is 29.1 Å². The molecule has 0 spiro atoms. The Kier molecular flexibility index (Phi) is 6.41. The third-order valence-corrected chi connectivity index (χ3v) is 6.71. The summed E-state index contributed by atoms with van der Waals surface area (Å²) in [4.78, 5) is 28.2. The summed E-state index contributed by atoms with van der Waals surface area (Å²) < 4.78 is 11.6. The van der Waals surface area contributed by atoms with E-state index in [2.05, 4.69) is 20.8 Å². The van der Waals surface area contributed by atoms with Crippen LogP contribution >= 0.6 is 0 Å². The number of amides is 1. The Bertz CT molecular complexity index is 1510. The maximum atomic E-state index is 13.4. The van der Waals surface area contributed by atoms with Crippen molar-refractivity contribution >= 4 is 23.1 Å². The molecule has 0 saturated carbocycles. The number of furan rings is 1. The van der Waals surface area contributed by atoms with Crippen LogP contribution in [0.1, 0.15) is 49.3 Å². The summed E-state index contributed by atoms with van der Waals surface area (Å²) in [6, 6.07) is 24.5. The average molecular weight is 508 g/mol. The number of ketones is 1. The number of aliphatic hydroxyl groups excluding tert-OH is 1. The van der Waals surface area contributed by atoms with Crippen LogP contribution in [0.3, 0.4) is 0 Å². The monoisotopic (exact) mass is 507 g/mol. The smallest absolute Gasteiger partial charge is 0.300 e. The van der Waals surface area contributed by atoms with Gasteiger partial charge in [0.25, 0.3) is 11.7 Å². The van der Waals surface area contributed by atoms with E-state index in [-0.39, 0.29) is 16.7 Å². The molecule has 2 heterocycles. The standard InChI is InChI=1S/C32H29NO5/c1-20-12-13-21(32(2,3)4)19-25(20)29(34)27-28(26-11-8-18-37-26)33(31(36)30(27)35)22-14-16-24(17-15-22)38-23-9-6-5-7-10-23/h5-19,28,34H,1-4H3/b29-27+. The van der Waals surface area contributed by atoms with Crippen molar-refractivity contribution in [3.63, 3.8) is 0 Å². The molecule has 1 atom stereocenters. The molecular formula is C32H29NO5. The van der Waals surface area contributed by atoms with Crippen LogP contribution in [-0.2, 0) is 15.0 Å². The molecule has 4 aromatic rings. The lowest BCUT2D eigenvalue weighted by Gasteiger charge is -2.24. The predicted octanol–water partition coefficient (Wildman–Crippen LogP) is 7.30. The fourth-order valence-corrected chi connectivity index (χ4v) is 4.60. The normalized spacial score (nSPS) is 17.2. The Morgan fingerprint density at radius 2 is 1.58 bits per heavy atom. The SMILES string of the molecule is Cc1ccc(C(C)(C)C)cc1/C(O)=C1\C(=O)C(=O)N(c2ccc(Oc3ccccc3)cc2)C1c1ccco1. The van der Waals surface area contributed by atoms with Crippen LogP contribution in [0, 0.1) is 6.92 Å². The van der Waals surface area contributed by atoms with Crippen LogP contribution in [0.25, 0.3) is 5.76 Å². The molecule has 192 valence electrons. The van der Waals surface area contributed by atoms with E-state index in [1.165, 1.54) is 11.2 Å². The average Bonchev–Trinajstić information content (AvgIpc) is 3.51. The molecule has 1 aliphatic rings. The van der Waals surface area contributed by atoms with Gasteiger partial charge in [0.05, 0.1) is 11.8 Å². The number of hydrogen-bond acceptors (Lipinski definition) is 5. The number of anilines is 1. The van der Waals surface area contributed by atoms with Crippen molar-refractivity contribution in [2.75, 3.05) is 4.90 Å². The third-order valence-electron chi connectivity index (χ3n) is 6.71. The van der Waals surface area contributed by atoms with E-state index in [1.54, 1.807) is 36.4 Å². The number of carbonyl (C=O) groups is 2. The number of aryl methyl sites for hydroxylation is 1. The summed E-state index contributed by atoms with van der Waals surface area (Å²) in [5.74, 6) is -0.0897. The summed E-state index contributed by atoms with van der Waals surface area (Å²) in [6.45, 7) is 8.10. The summed E-state index contributed by atoms with van der Waals surface area (Å²) >= 11 is 0. The van der Waals surface area contributed by atoms with E-state index in [9.17, 15) is 14.7 Å². The van der Waals surface area contributed by atoms with Crippen molar-refractivity contribution in [1.29, 1.82) is 0 Å². The van der Waals surface area contributed by atoms with Gasteiger partial charge in [-0.3, -0.25) is 14.5 Å². The third kappa shape index (κ3) is 4.61. The number of hydrogen-bond donors (Lipinski definition) is 1. The van der Waals surface area contributed by atoms with Crippen LogP contribution in [0.15, 0.2) is 101 Å². The quantitative estimate of drug-likeness (QED) is 0.174. The van der Waals surface area contributed by atoms with E-state index >= 15 is 0 Å². The predicted molar refractivity (Wildman–Crippen MR) is 146 cm³/mol. The van der Waals surface area contributed by atoms with Crippen LogP contribution in [0.5, 0.6) is 11.5 Å². The molecule has 1 aliphatic heterocycles. The number of Topliss-reactive ketones (excluding diaryl/α,β-unsaturated/α-hetero) is 1. The Morgan fingerprint density at radius 3 is 2.21 bits per heavy atom. The van der Waals surface area contributed by atoms with Gasteiger partial charge >= 0.3 is 0 Å². The second-order valence-corrected chi connectivity index (χ2v) is 10.4. The highest BCUT2D eigenvalue weighted by Crippen LogP contribution is 2.43. The minimum absolute atomic E-state index is 0.0104. The Hall–Kier alpha value is -4.58. The molecular weight excluding hydrogens is 478 g/mol. The van der Waals surface area contributed by atoms with Crippen LogP contribution < -0.4 is 9.64 Å². The minimum atomic E-state index is -0.927. The van der Waals surface area contributed by atoms with Crippen molar-refractivity contribution in [1.82, 2.24) is 0 Å². The maximum Gasteiger partial charge on any atom is 0.300 e. The molecule has 1 fully saturated rings. The number of benzene rings is 3. The summed E-state index contributed by atoms with van der Waals surface area (Å²) in [5.41, 5.74) is 2.61. The summed E-state index contributed by atoms with van der Waals surface area (Å²) in [7, 11) is 0. The molecule has 6 heteroatoms. The molecule has 3 aromatic carbocycles. The van der Waals surface area contributed by atoms with Crippen molar-refractivity contribution in [3.05, 3.63) is 119 Å². The number of carbonyl (C=O) groups excluding carboxylic acids is 2. The second-order valence-electron chi connectivity index (χ2n) is 10.4. The molecule has 1 N–H and O–H groups in total. The van der Waals surface area contributed by atoms with Crippen molar-refractivity contribution in [2.45, 2.75) is 39.2 Å². The first kappa shape index (κ1) is 25.1. The molecule has 1 amide bonds. The lowest BCUT2D eigenvalue weighted by Crippen LogP contribution is -2.29. The van der Waals surface area contributed by atoms with Gasteiger partial charge in [0.15, 0.2) is 0 Å². The van der Waals surface area contributed by atoms with Gasteiger partial charge in [-0.05, 0) is 78.1 Å².